The van der Waals surface area contributed by atoms with Gasteiger partial charge in [0.1, 0.15) is 0 Å². The van der Waals surface area contributed by atoms with Crippen LogP contribution in [0.3, 0.4) is 0 Å². The van der Waals surface area contributed by atoms with Crippen molar-refractivity contribution in [1.82, 2.24) is 19.2 Å². The second kappa shape index (κ2) is 7.02. The van der Waals surface area contributed by atoms with Crippen molar-refractivity contribution in [3.8, 4) is 0 Å². The van der Waals surface area contributed by atoms with E-state index in [0.29, 0.717) is 6.42 Å². The lowest BCUT2D eigenvalue weighted by Crippen LogP contribution is -2.35. The van der Waals surface area contributed by atoms with Crippen LogP contribution in [0.5, 0.6) is 0 Å². The molecular formula is C18H26N4O. The summed E-state index contributed by atoms with van der Waals surface area (Å²) in [5.41, 5.74) is 2.24. The predicted octanol–water partition coefficient (Wildman–Crippen LogP) is 2.84. The summed E-state index contributed by atoms with van der Waals surface area (Å²) >= 11 is 0. The minimum Gasteiger partial charge on any atom is -0.353 e. The minimum atomic E-state index is 0.216. The van der Waals surface area contributed by atoms with Gasteiger partial charge in [0.05, 0.1) is 11.7 Å². The van der Waals surface area contributed by atoms with Gasteiger partial charge in [-0.25, -0.2) is 0 Å². The zero-order valence-electron chi connectivity index (χ0n) is 14.1. The molecule has 2 aromatic rings. The molecule has 3 rings (SSSR count). The summed E-state index contributed by atoms with van der Waals surface area (Å²) in [4.78, 5) is 14.9. The zero-order chi connectivity index (χ0) is 16.2. The minimum absolute atomic E-state index is 0.216. The maximum Gasteiger partial charge on any atom is 0.223 e. The monoisotopic (exact) mass is 314 g/mol. The lowest BCUT2D eigenvalue weighted by atomic mass is 10.1. The van der Waals surface area contributed by atoms with Crippen LogP contribution in [-0.4, -0.2) is 31.7 Å². The Bertz CT molecular complexity index is 658. The maximum absolute atomic E-state index is 12.8. The van der Waals surface area contributed by atoms with Crippen molar-refractivity contribution in [2.45, 2.75) is 44.6 Å². The molecule has 0 saturated carbocycles. The van der Waals surface area contributed by atoms with E-state index in [4.69, 9.17) is 0 Å². The number of carbonyl (C=O) groups excluding carboxylic acids is 1. The number of hydrogen-bond donors (Lipinski definition) is 0. The number of aryl methyl sites for hydroxylation is 3. The van der Waals surface area contributed by atoms with Crippen molar-refractivity contribution < 1.29 is 4.79 Å². The van der Waals surface area contributed by atoms with Crippen LogP contribution in [-0.2, 0) is 25.3 Å². The van der Waals surface area contributed by atoms with Gasteiger partial charge in [0.2, 0.25) is 5.91 Å². The second-order valence-electron chi connectivity index (χ2n) is 6.48. The predicted molar refractivity (Wildman–Crippen MR) is 89.9 cm³/mol. The van der Waals surface area contributed by atoms with E-state index in [9.17, 15) is 4.79 Å². The summed E-state index contributed by atoms with van der Waals surface area (Å²) in [5.74, 6) is 0.253. The van der Waals surface area contributed by atoms with Crippen LogP contribution in [0, 0.1) is 0 Å². The molecule has 0 bridgehead atoms. The third kappa shape index (κ3) is 3.66. The highest BCUT2D eigenvalue weighted by Gasteiger charge is 2.27. The van der Waals surface area contributed by atoms with Crippen LogP contribution in [0.2, 0.25) is 0 Å². The quantitative estimate of drug-likeness (QED) is 0.871. The zero-order valence-corrected chi connectivity index (χ0v) is 14.1. The number of aromatic nitrogens is 3. The van der Waals surface area contributed by atoms with Crippen LogP contribution in [0.1, 0.15) is 49.5 Å². The van der Waals surface area contributed by atoms with Crippen LogP contribution in [0.25, 0.3) is 0 Å². The largest absolute Gasteiger partial charge is 0.353 e. The molecule has 2 aromatic heterocycles. The fraction of sp³-hybridized carbons (Fsp3) is 0.556. The highest BCUT2D eigenvalue weighted by atomic mass is 16.2. The molecule has 1 fully saturated rings. The lowest BCUT2D eigenvalue weighted by Gasteiger charge is -2.30. The van der Waals surface area contributed by atoms with Gasteiger partial charge in [-0.3, -0.25) is 9.48 Å². The molecule has 0 radical (unpaired) electrons. The first-order chi connectivity index (χ1) is 11.1. The van der Waals surface area contributed by atoms with Crippen molar-refractivity contribution in [2.24, 2.45) is 14.1 Å². The standard InChI is InChI=1S/C18H26N4O/c1-20-12-6-8-16(20)17-7-4-3-5-13-22(17)18(23)10-9-15-11-14-21(2)19-15/h6,8,11-12,14,17H,3-5,7,9-10,13H2,1-2H3. The first-order valence-electron chi connectivity index (χ1n) is 8.54. The van der Waals surface area contributed by atoms with Crippen LogP contribution >= 0.6 is 0 Å². The molecule has 1 aliphatic rings. The Labute approximate surface area is 137 Å². The van der Waals surface area contributed by atoms with Gasteiger partial charge in [-0.15, -0.1) is 0 Å². The van der Waals surface area contributed by atoms with Crippen molar-refractivity contribution in [3.63, 3.8) is 0 Å². The first kappa shape index (κ1) is 15.8. The molecule has 124 valence electrons. The molecule has 0 N–H and O–H groups in total. The van der Waals surface area contributed by atoms with Gasteiger partial charge in [0, 0.05) is 51.6 Å². The summed E-state index contributed by atoms with van der Waals surface area (Å²) in [5, 5.41) is 4.37. The molecule has 5 nitrogen and oxygen atoms in total. The number of nitrogens with zero attached hydrogens (tertiary/aromatic N) is 4. The Kier molecular flexibility index (Phi) is 4.84. The third-order valence-corrected chi connectivity index (χ3v) is 4.76. The first-order valence-corrected chi connectivity index (χ1v) is 8.54. The molecule has 1 aliphatic heterocycles. The van der Waals surface area contributed by atoms with Gasteiger partial charge in [-0.1, -0.05) is 12.8 Å². The van der Waals surface area contributed by atoms with E-state index in [1.807, 2.05) is 19.3 Å². The number of hydrogen-bond acceptors (Lipinski definition) is 2. The summed E-state index contributed by atoms with van der Waals surface area (Å²) in [6, 6.07) is 6.42. The van der Waals surface area contributed by atoms with E-state index in [2.05, 4.69) is 39.9 Å². The van der Waals surface area contributed by atoms with Crippen molar-refractivity contribution in [3.05, 3.63) is 42.0 Å². The van der Waals surface area contributed by atoms with Crippen molar-refractivity contribution in [1.29, 1.82) is 0 Å². The Hall–Kier alpha value is -2.04. The van der Waals surface area contributed by atoms with Crippen LogP contribution < -0.4 is 0 Å². The summed E-state index contributed by atoms with van der Waals surface area (Å²) in [7, 11) is 3.97. The van der Waals surface area contributed by atoms with Gasteiger partial charge >= 0.3 is 0 Å². The molecule has 0 aromatic carbocycles. The smallest absolute Gasteiger partial charge is 0.223 e. The number of carbonyl (C=O) groups is 1. The topological polar surface area (TPSA) is 43.1 Å². The normalized spacial score (nSPS) is 18.9. The third-order valence-electron chi connectivity index (χ3n) is 4.76. The van der Waals surface area contributed by atoms with E-state index in [0.717, 1.165) is 31.5 Å². The average Bonchev–Trinajstić information content (AvgIpc) is 3.06. The van der Waals surface area contributed by atoms with E-state index < -0.39 is 0 Å². The maximum atomic E-state index is 12.8. The molecule has 1 atom stereocenters. The molecule has 0 aliphatic carbocycles. The number of likely N-dealkylation sites (tertiary alicyclic amines) is 1. The van der Waals surface area contributed by atoms with E-state index in [1.165, 1.54) is 18.5 Å². The van der Waals surface area contributed by atoms with E-state index >= 15 is 0 Å². The summed E-state index contributed by atoms with van der Waals surface area (Å²) in [6.07, 6.45) is 9.83. The Morgan fingerprint density at radius 3 is 2.78 bits per heavy atom. The summed E-state index contributed by atoms with van der Waals surface area (Å²) < 4.78 is 3.94. The van der Waals surface area contributed by atoms with Gasteiger partial charge < -0.3 is 9.47 Å². The number of rotatable bonds is 4. The summed E-state index contributed by atoms with van der Waals surface area (Å²) in [6.45, 7) is 0.872. The Balaban J connectivity index is 1.71. The highest BCUT2D eigenvalue weighted by molar-refractivity contribution is 5.77. The molecule has 3 heterocycles. The second-order valence-corrected chi connectivity index (χ2v) is 6.48. The van der Waals surface area contributed by atoms with Crippen LogP contribution in [0.15, 0.2) is 30.6 Å². The molecule has 0 spiro atoms. The molecule has 1 amide bonds. The average molecular weight is 314 g/mol. The molecule has 5 heteroatoms. The molecule has 23 heavy (non-hydrogen) atoms. The SMILES string of the molecule is Cn1ccc(CCC(=O)N2CCCCCC2c2cccn2C)n1. The number of amides is 1. The Morgan fingerprint density at radius 1 is 1.22 bits per heavy atom. The van der Waals surface area contributed by atoms with E-state index in [1.54, 1.807) is 4.68 Å². The molecular weight excluding hydrogens is 288 g/mol. The fourth-order valence-electron chi connectivity index (χ4n) is 3.51. The molecule has 1 unspecified atom stereocenters. The van der Waals surface area contributed by atoms with Gasteiger partial charge in [-0.2, -0.15) is 5.10 Å². The van der Waals surface area contributed by atoms with E-state index in [-0.39, 0.29) is 11.9 Å². The van der Waals surface area contributed by atoms with Crippen LogP contribution in [0.4, 0.5) is 0 Å². The Morgan fingerprint density at radius 2 is 2.09 bits per heavy atom. The lowest BCUT2D eigenvalue weighted by molar-refractivity contribution is -0.133. The van der Waals surface area contributed by atoms with Gasteiger partial charge in [-0.05, 0) is 31.0 Å². The fourth-order valence-corrected chi connectivity index (χ4v) is 3.51. The van der Waals surface area contributed by atoms with Crippen molar-refractivity contribution in [2.75, 3.05) is 6.54 Å². The van der Waals surface area contributed by atoms with Gasteiger partial charge in [0.25, 0.3) is 0 Å². The highest BCUT2D eigenvalue weighted by Crippen LogP contribution is 2.30. The molecule has 1 saturated heterocycles. The van der Waals surface area contributed by atoms with Gasteiger partial charge in [0.15, 0.2) is 0 Å². The van der Waals surface area contributed by atoms with Crippen molar-refractivity contribution >= 4 is 5.91 Å².